The molecule has 9 heteroatoms. The van der Waals surface area contributed by atoms with Gasteiger partial charge in [-0.15, -0.1) is 0 Å². The number of hydrogen-bond donors (Lipinski definition) is 0. The van der Waals surface area contributed by atoms with Gasteiger partial charge in [0.2, 0.25) is 0 Å². The molecule has 0 unspecified atom stereocenters. The van der Waals surface area contributed by atoms with Crippen molar-refractivity contribution in [2.24, 2.45) is 5.10 Å². The third-order valence-corrected chi connectivity index (χ3v) is 5.00. The van der Waals surface area contributed by atoms with E-state index in [-0.39, 0.29) is 40.4 Å². The molecular weight excluding hydrogens is 389 g/mol. The van der Waals surface area contributed by atoms with Gasteiger partial charge in [-0.1, -0.05) is 12.1 Å². The first-order valence-corrected chi connectivity index (χ1v) is 9.53. The van der Waals surface area contributed by atoms with Gasteiger partial charge in [-0.25, -0.2) is 8.42 Å². The van der Waals surface area contributed by atoms with Crippen molar-refractivity contribution in [1.82, 2.24) is 0 Å². The monoisotopic (exact) mass is 407 g/mol. The van der Waals surface area contributed by atoms with Crippen molar-refractivity contribution in [3.63, 3.8) is 0 Å². The molecule has 1 heterocycles. The van der Waals surface area contributed by atoms with E-state index in [2.05, 4.69) is 5.10 Å². The SMILES string of the molecule is CC1=NN(c2ccc(S(=O)(=O)[O-])cc2)C(=O)/C1=C/c1ccc(N(C)C)cc1.[Na+]. The average Bonchev–Trinajstić information content (AvgIpc) is 2.90. The van der Waals surface area contributed by atoms with Crippen LogP contribution in [0.3, 0.4) is 0 Å². The van der Waals surface area contributed by atoms with E-state index in [1.54, 1.807) is 13.0 Å². The Bertz CT molecular complexity index is 1040. The number of hydrogen-bond acceptors (Lipinski definition) is 6. The summed E-state index contributed by atoms with van der Waals surface area (Å²) in [6, 6.07) is 12.8. The molecule has 2 aromatic carbocycles. The maximum atomic E-state index is 12.7. The summed E-state index contributed by atoms with van der Waals surface area (Å²) in [7, 11) is -0.632. The van der Waals surface area contributed by atoms with Gasteiger partial charge in [0.25, 0.3) is 5.91 Å². The minimum Gasteiger partial charge on any atom is -0.744 e. The molecule has 1 aliphatic heterocycles. The molecule has 0 bridgehead atoms. The summed E-state index contributed by atoms with van der Waals surface area (Å²) in [5.41, 5.74) is 3.31. The van der Waals surface area contributed by atoms with E-state index >= 15 is 0 Å². The number of carbonyl (C=O) groups excluding carboxylic acids is 1. The van der Waals surface area contributed by atoms with Gasteiger partial charge in [0, 0.05) is 19.8 Å². The molecule has 0 saturated heterocycles. The van der Waals surface area contributed by atoms with Gasteiger partial charge in [-0.05, 0) is 55.0 Å². The Labute approximate surface area is 186 Å². The second kappa shape index (κ2) is 8.59. The second-order valence-electron chi connectivity index (χ2n) is 6.29. The molecule has 3 rings (SSSR count). The number of anilines is 2. The van der Waals surface area contributed by atoms with Crippen molar-refractivity contribution >= 4 is 39.2 Å². The van der Waals surface area contributed by atoms with E-state index in [0.717, 1.165) is 23.4 Å². The molecule has 1 aliphatic rings. The van der Waals surface area contributed by atoms with Crippen LogP contribution < -0.4 is 39.5 Å². The standard InChI is InChI=1S/C19H19N3O4S.Na/c1-13-18(12-14-4-6-15(7-5-14)21(2)3)19(23)22(20-13)16-8-10-17(11-9-16)27(24,25)26;/h4-12H,1-3H3,(H,24,25,26);/q;+1/p-1/b18-12+;. The molecule has 2 aromatic rings. The Balaban J connectivity index is 0.00000280. The Kier molecular flexibility index (Phi) is 6.84. The molecule has 0 aromatic heterocycles. The van der Waals surface area contributed by atoms with Crippen molar-refractivity contribution in [3.05, 3.63) is 59.7 Å². The molecule has 0 saturated carbocycles. The Morgan fingerprint density at radius 3 is 2.11 bits per heavy atom. The maximum absolute atomic E-state index is 12.7. The summed E-state index contributed by atoms with van der Waals surface area (Å²) >= 11 is 0. The number of amides is 1. The first-order chi connectivity index (χ1) is 12.7. The Morgan fingerprint density at radius 2 is 1.61 bits per heavy atom. The summed E-state index contributed by atoms with van der Waals surface area (Å²) in [6.07, 6.45) is 1.76. The van der Waals surface area contributed by atoms with E-state index in [1.807, 2.05) is 43.3 Å². The summed E-state index contributed by atoms with van der Waals surface area (Å²) in [5, 5.41) is 5.44. The maximum Gasteiger partial charge on any atom is 1.00 e. The van der Waals surface area contributed by atoms with Crippen LogP contribution in [0.5, 0.6) is 0 Å². The van der Waals surface area contributed by atoms with E-state index in [9.17, 15) is 17.8 Å². The molecule has 0 spiro atoms. The zero-order valence-corrected chi connectivity index (χ0v) is 18.9. The zero-order chi connectivity index (χ0) is 19.8. The predicted octanol–water partition coefficient (Wildman–Crippen LogP) is -0.533. The number of carbonyl (C=O) groups is 1. The zero-order valence-electron chi connectivity index (χ0n) is 16.1. The van der Waals surface area contributed by atoms with Crippen LogP contribution in [0.15, 0.2) is 64.1 Å². The number of benzene rings is 2. The quantitative estimate of drug-likeness (QED) is 0.386. The fourth-order valence-corrected chi connectivity index (χ4v) is 3.12. The summed E-state index contributed by atoms with van der Waals surface area (Å²) in [5.74, 6) is -0.318. The van der Waals surface area contributed by atoms with Gasteiger partial charge < -0.3 is 9.45 Å². The van der Waals surface area contributed by atoms with E-state index in [1.165, 1.54) is 17.1 Å². The van der Waals surface area contributed by atoms with Crippen molar-refractivity contribution in [2.45, 2.75) is 11.8 Å². The largest absolute Gasteiger partial charge is 1.00 e. The normalized spacial score (nSPS) is 15.4. The first-order valence-electron chi connectivity index (χ1n) is 8.12. The average molecular weight is 407 g/mol. The molecule has 28 heavy (non-hydrogen) atoms. The molecular formula is C19H18N3NaO4S. The van der Waals surface area contributed by atoms with Gasteiger partial charge in [0.05, 0.1) is 21.9 Å². The van der Waals surface area contributed by atoms with Gasteiger partial charge in [-0.2, -0.15) is 10.1 Å². The van der Waals surface area contributed by atoms with Gasteiger partial charge in [0.15, 0.2) is 0 Å². The van der Waals surface area contributed by atoms with Crippen molar-refractivity contribution in [3.8, 4) is 0 Å². The predicted molar refractivity (Wildman–Crippen MR) is 104 cm³/mol. The second-order valence-corrected chi connectivity index (χ2v) is 7.67. The van der Waals surface area contributed by atoms with Crippen LogP contribution >= 0.6 is 0 Å². The number of hydrazone groups is 1. The summed E-state index contributed by atoms with van der Waals surface area (Å²) in [6.45, 7) is 1.73. The number of rotatable bonds is 4. The molecule has 140 valence electrons. The van der Waals surface area contributed by atoms with Crippen LogP contribution in [0, 0.1) is 0 Å². The van der Waals surface area contributed by atoms with Crippen molar-refractivity contribution in [1.29, 1.82) is 0 Å². The molecule has 0 radical (unpaired) electrons. The minimum atomic E-state index is -4.53. The van der Waals surface area contributed by atoms with E-state index in [4.69, 9.17) is 0 Å². The van der Waals surface area contributed by atoms with Gasteiger partial charge >= 0.3 is 29.6 Å². The van der Waals surface area contributed by atoms with Crippen LogP contribution in [0.2, 0.25) is 0 Å². The van der Waals surface area contributed by atoms with Crippen LogP contribution in [0.1, 0.15) is 12.5 Å². The molecule has 0 N–H and O–H groups in total. The van der Waals surface area contributed by atoms with Crippen LogP contribution in [0.25, 0.3) is 6.08 Å². The molecule has 7 nitrogen and oxygen atoms in total. The van der Waals surface area contributed by atoms with Crippen LogP contribution in [-0.2, 0) is 14.9 Å². The fourth-order valence-electron chi connectivity index (χ4n) is 2.65. The molecule has 0 atom stereocenters. The third kappa shape index (κ3) is 4.71. The van der Waals surface area contributed by atoms with Gasteiger partial charge in [0.1, 0.15) is 10.1 Å². The van der Waals surface area contributed by atoms with E-state index < -0.39 is 10.1 Å². The summed E-state index contributed by atoms with van der Waals surface area (Å²) in [4.78, 5) is 14.4. The number of nitrogens with zero attached hydrogens (tertiary/aromatic N) is 3. The van der Waals surface area contributed by atoms with Gasteiger partial charge in [-0.3, -0.25) is 4.79 Å². The first kappa shape index (κ1) is 22.3. The summed E-state index contributed by atoms with van der Waals surface area (Å²) < 4.78 is 33.1. The minimum absolute atomic E-state index is 0. The topological polar surface area (TPSA) is 93.1 Å². The molecule has 0 aliphatic carbocycles. The van der Waals surface area contributed by atoms with E-state index in [0.29, 0.717) is 17.0 Å². The fraction of sp³-hybridized carbons (Fsp3) is 0.158. The smallest absolute Gasteiger partial charge is 0.744 e. The third-order valence-electron chi connectivity index (χ3n) is 4.15. The van der Waals surface area contributed by atoms with Crippen LogP contribution in [0.4, 0.5) is 11.4 Å². The molecule has 1 amide bonds. The Morgan fingerprint density at radius 1 is 1.04 bits per heavy atom. The van der Waals surface area contributed by atoms with Crippen molar-refractivity contribution < 1.29 is 47.3 Å². The van der Waals surface area contributed by atoms with Crippen molar-refractivity contribution in [2.75, 3.05) is 24.0 Å². The van der Waals surface area contributed by atoms with Crippen LogP contribution in [-0.4, -0.2) is 38.7 Å². The Hall–Kier alpha value is -1.97. The molecule has 0 fully saturated rings.